The quantitative estimate of drug-likeness (QED) is 0.416. The molecule has 0 heterocycles. The van der Waals surface area contributed by atoms with Gasteiger partial charge >= 0.3 is 0 Å². The van der Waals surface area contributed by atoms with Gasteiger partial charge in [-0.2, -0.15) is 12.9 Å². The van der Waals surface area contributed by atoms with E-state index in [-0.39, 0.29) is 0 Å². The van der Waals surface area contributed by atoms with Gasteiger partial charge in [0.1, 0.15) is 13.1 Å². The number of hydrogen-bond acceptors (Lipinski definition) is 0. The lowest BCUT2D eigenvalue weighted by Crippen LogP contribution is -2.24. The molecular weight excluding hydrogens is 130 g/mol. The normalized spacial score (nSPS) is 12.8. The van der Waals surface area contributed by atoms with Crippen LogP contribution in [0.5, 0.6) is 0 Å². The lowest BCUT2D eigenvalue weighted by molar-refractivity contribution is 1.65. The zero-order valence-corrected chi connectivity index (χ0v) is 8.78. The maximum atomic E-state index is 2.47. The molecule has 0 nitrogen and oxygen atoms in total. The van der Waals surface area contributed by atoms with Crippen molar-refractivity contribution in [3.05, 3.63) is 0 Å². The second kappa shape index (κ2) is 3.21. The Labute approximate surface area is 57.1 Å². The van der Waals surface area contributed by atoms with Gasteiger partial charge in [-0.05, 0) is 13.3 Å². The topological polar surface area (TPSA) is 0 Å². The van der Waals surface area contributed by atoms with Gasteiger partial charge < -0.3 is 0 Å². The van der Waals surface area contributed by atoms with E-state index in [0.29, 0.717) is 7.92 Å². The van der Waals surface area contributed by atoms with Crippen LogP contribution in [0.3, 0.4) is 0 Å². The molecule has 0 atom stereocenters. The second-order valence-corrected chi connectivity index (χ2v) is 13.8. The van der Waals surface area contributed by atoms with Crippen LogP contribution < -0.4 is 0 Å². The molecule has 0 aromatic heterocycles. The zero-order chi connectivity index (χ0) is 6.78. The Kier molecular flexibility index (Phi) is 3.60. The molecule has 0 aromatic rings. The number of hydrogen-bond donors (Lipinski definition) is 0. The Balaban J connectivity index is 3.39. The minimum Gasteiger partial charge on any atom is -0.203 e. The Morgan fingerprint density at radius 1 is 1.12 bits per heavy atom. The largest absolute Gasteiger partial charge is 0.203 e. The van der Waals surface area contributed by atoms with Crippen LogP contribution in [0.15, 0.2) is 0 Å². The highest BCUT2D eigenvalue weighted by molar-refractivity contribution is 7.58. The number of rotatable bonds is 2. The van der Waals surface area contributed by atoms with Crippen LogP contribution in [-0.4, -0.2) is 31.4 Å². The predicted molar refractivity (Wildman–Crippen MR) is 47.0 cm³/mol. The molecule has 0 unspecified atom stereocenters. The molecule has 0 spiro atoms. The van der Waals surface area contributed by atoms with Crippen molar-refractivity contribution in [1.29, 1.82) is 0 Å². The molecule has 2 heteroatoms. The van der Waals surface area contributed by atoms with E-state index in [1.807, 2.05) is 0 Å². The van der Waals surface area contributed by atoms with E-state index in [1.54, 1.807) is 5.02 Å². The molecule has 0 saturated carbocycles. The highest BCUT2D eigenvalue weighted by Crippen LogP contribution is 2.28. The van der Waals surface area contributed by atoms with Crippen LogP contribution >= 0.6 is 7.92 Å². The van der Waals surface area contributed by atoms with Gasteiger partial charge in [0.2, 0.25) is 0 Å². The molecule has 0 amide bonds. The molecule has 8 heavy (non-hydrogen) atoms. The van der Waals surface area contributed by atoms with E-state index in [4.69, 9.17) is 0 Å². The van der Waals surface area contributed by atoms with Crippen LogP contribution in [0.4, 0.5) is 0 Å². The van der Waals surface area contributed by atoms with Gasteiger partial charge in [-0.25, -0.2) is 17.4 Å². The van der Waals surface area contributed by atoms with Crippen molar-refractivity contribution < 1.29 is 0 Å². The van der Waals surface area contributed by atoms with Crippen LogP contribution in [0.25, 0.3) is 0 Å². The smallest absolute Gasteiger partial charge is 0.129 e. The first-order valence-electron chi connectivity index (χ1n) is 3.35. The molecule has 50 valence electrons. The summed E-state index contributed by atoms with van der Waals surface area (Å²) in [6.45, 7) is 4.75. The van der Waals surface area contributed by atoms with E-state index < -0.39 is 13.1 Å². The lowest BCUT2D eigenvalue weighted by Gasteiger charge is -2.22. The first kappa shape index (κ1) is 8.96. The minimum atomic E-state index is -0.940. The molecule has 0 rings (SSSR count). The minimum absolute atomic E-state index is 0.386. The summed E-state index contributed by atoms with van der Waals surface area (Å²) in [7, 11) is 0.386. The van der Waals surface area contributed by atoms with Crippen molar-refractivity contribution in [1.82, 2.24) is 0 Å². The SMILES string of the molecule is CP(C)[CH2][Al-]([CH3])([CH3])[CH3]. The molecule has 0 saturated heterocycles. The van der Waals surface area contributed by atoms with E-state index in [2.05, 4.69) is 30.7 Å². The standard InChI is InChI=1S/C3H8P.3CH3.Al/c1-4(2)3;;;;/h1H2,2-3H3;3*1H3;/q;;;;-1. The van der Waals surface area contributed by atoms with Crippen molar-refractivity contribution in [2.75, 3.05) is 18.4 Å². The molecule has 0 aromatic carbocycles. The third kappa shape index (κ3) is 6.96. The average molecular weight is 147 g/mol. The van der Waals surface area contributed by atoms with E-state index in [9.17, 15) is 0 Å². The van der Waals surface area contributed by atoms with Crippen molar-refractivity contribution in [2.24, 2.45) is 0 Å². The Morgan fingerprint density at radius 2 is 1.50 bits per heavy atom. The van der Waals surface area contributed by atoms with Crippen LogP contribution in [0.2, 0.25) is 17.4 Å². The fourth-order valence-electron chi connectivity index (χ4n) is 1.10. The van der Waals surface area contributed by atoms with Gasteiger partial charge in [0.05, 0.1) is 0 Å². The average Bonchev–Trinajstić information content (AvgIpc) is 1.21. The summed E-state index contributed by atoms with van der Waals surface area (Å²) in [5.41, 5.74) is 0. The molecule has 0 bridgehead atoms. The third-order valence-electron chi connectivity index (χ3n) is 0.913. The molecule has 0 aliphatic heterocycles. The van der Waals surface area contributed by atoms with Gasteiger partial charge in [0.15, 0.2) is 0 Å². The summed E-state index contributed by atoms with van der Waals surface area (Å²) in [6, 6.07) is 0. The monoisotopic (exact) mass is 147 g/mol. The van der Waals surface area contributed by atoms with Crippen molar-refractivity contribution in [2.45, 2.75) is 17.4 Å². The third-order valence-corrected chi connectivity index (χ3v) is 8.22. The maximum Gasteiger partial charge on any atom is 0.129 e. The van der Waals surface area contributed by atoms with Gasteiger partial charge in [0.25, 0.3) is 0 Å². The molecule has 0 radical (unpaired) electrons. The summed E-state index contributed by atoms with van der Waals surface area (Å²) in [4.78, 5) is 0. The summed E-state index contributed by atoms with van der Waals surface area (Å²) >= 11 is -0.940. The van der Waals surface area contributed by atoms with Crippen LogP contribution in [0.1, 0.15) is 0 Å². The Bertz CT molecular complexity index is 63.4. The van der Waals surface area contributed by atoms with E-state index >= 15 is 0 Å². The van der Waals surface area contributed by atoms with Crippen LogP contribution in [0, 0.1) is 0 Å². The highest BCUT2D eigenvalue weighted by Gasteiger charge is 2.10. The molecule has 0 N–H and O–H groups in total. The van der Waals surface area contributed by atoms with Crippen molar-refractivity contribution in [3.8, 4) is 0 Å². The molecule has 0 aliphatic carbocycles. The van der Waals surface area contributed by atoms with Crippen LogP contribution in [-0.2, 0) is 0 Å². The van der Waals surface area contributed by atoms with Gasteiger partial charge in [-0.1, -0.05) is 0 Å². The lowest BCUT2D eigenvalue weighted by atomic mass is 11.7. The first-order chi connectivity index (χ1) is 3.42. The van der Waals surface area contributed by atoms with E-state index in [1.165, 1.54) is 0 Å². The molecule has 0 aliphatic rings. The fourth-order valence-corrected chi connectivity index (χ4v) is 9.86. The van der Waals surface area contributed by atoms with Gasteiger partial charge in [0, 0.05) is 0 Å². The predicted octanol–water partition coefficient (Wildman–Crippen LogP) is 2.61. The summed E-state index contributed by atoms with van der Waals surface area (Å²) < 4.78 is 0. The summed E-state index contributed by atoms with van der Waals surface area (Å²) in [6.07, 6.45) is 0. The highest BCUT2D eigenvalue weighted by atomic mass is 31.1. The second-order valence-electron chi connectivity index (χ2n) is 4.22. The molecular formula is C6H17AlP-. The summed E-state index contributed by atoms with van der Waals surface area (Å²) in [5, 5.41) is 1.56. The van der Waals surface area contributed by atoms with Crippen molar-refractivity contribution >= 4 is 21.0 Å². The zero-order valence-electron chi connectivity index (χ0n) is 6.73. The van der Waals surface area contributed by atoms with Gasteiger partial charge in [-0.3, -0.25) is 0 Å². The van der Waals surface area contributed by atoms with Gasteiger partial charge in [-0.15, -0.1) is 0 Å². The first-order valence-corrected chi connectivity index (χ1v) is 10.1. The Hall–Kier alpha value is 0.962. The van der Waals surface area contributed by atoms with E-state index in [0.717, 1.165) is 0 Å². The molecule has 0 fully saturated rings. The maximum absolute atomic E-state index is 2.47. The Morgan fingerprint density at radius 3 is 1.50 bits per heavy atom. The van der Waals surface area contributed by atoms with Crippen molar-refractivity contribution in [3.63, 3.8) is 0 Å². The summed E-state index contributed by atoms with van der Waals surface area (Å²) in [5.74, 6) is 7.40. The fraction of sp³-hybridized carbons (Fsp3) is 1.00.